The lowest BCUT2D eigenvalue weighted by Crippen LogP contribution is -2.00. The molecule has 0 radical (unpaired) electrons. The average Bonchev–Trinajstić information content (AvgIpc) is 2.85. The third-order valence-electron chi connectivity index (χ3n) is 2.09. The van der Waals surface area contributed by atoms with Crippen molar-refractivity contribution in [3.8, 4) is 5.75 Å². The first-order valence-electron chi connectivity index (χ1n) is 5.39. The van der Waals surface area contributed by atoms with Crippen molar-refractivity contribution < 1.29 is 4.74 Å². The van der Waals surface area contributed by atoms with E-state index in [0.29, 0.717) is 6.54 Å². The number of hydrogen-bond acceptors (Lipinski definition) is 7. The first-order valence-corrected chi connectivity index (χ1v) is 7.19. The minimum atomic E-state index is 0.644. The first kappa shape index (κ1) is 13.1. The van der Waals surface area contributed by atoms with Gasteiger partial charge < -0.3 is 15.8 Å². The van der Waals surface area contributed by atoms with Gasteiger partial charge in [0.25, 0.3) is 0 Å². The zero-order valence-corrected chi connectivity index (χ0v) is 11.6. The van der Waals surface area contributed by atoms with Crippen molar-refractivity contribution in [3.63, 3.8) is 0 Å². The number of nitrogens with zero attached hydrogens (tertiary/aromatic N) is 2. The number of nitrogens with two attached hydrogens (primary N) is 1. The normalized spacial score (nSPS) is 10.3. The van der Waals surface area contributed by atoms with E-state index in [2.05, 4.69) is 15.5 Å². The van der Waals surface area contributed by atoms with E-state index in [4.69, 9.17) is 10.5 Å². The number of ether oxygens (including phenoxy) is 1. The van der Waals surface area contributed by atoms with Crippen LogP contribution in [-0.2, 0) is 0 Å². The molecule has 0 saturated heterocycles. The van der Waals surface area contributed by atoms with Crippen LogP contribution in [0.1, 0.15) is 0 Å². The maximum absolute atomic E-state index is 5.44. The fraction of sp³-hybridized carbons (Fsp3) is 0.273. The topological polar surface area (TPSA) is 73.1 Å². The summed E-state index contributed by atoms with van der Waals surface area (Å²) in [5, 5.41) is 12.1. The largest absolute Gasteiger partial charge is 0.497 e. The van der Waals surface area contributed by atoms with Crippen molar-refractivity contribution in [2.24, 2.45) is 5.73 Å². The van der Waals surface area contributed by atoms with Gasteiger partial charge in [-0.15, -0.1) is 10.2 Å². The van der Waals surface area contributed by atoms with Crippen LogP contribution in [0.25, 0.3) is 0 Å². The second-order valence-corrected chi connectivity index (χ2v) is 5.68. The number of aromatic nitrogens is 2. The molecular weight excluding hydrogens is 268 g/mol. The summed E-state index contributed by atoms with van der Waals surface area (Å²) in [5.41, 5.74) is 6.40. The molecule has 0 saturated carbocycles. The van der Waals surface area contributed by atoms with Gasteiger partial charge in [-0.1, -0.05) is 23.1 Å². The number of benzene rings is 1. The molecule has 0 amide bonds. The Morgan fingerprint density at radius 3 is 2.78 bits per heavy atom. The van der Waals surface area contributed by atoms with Gasteiger partial charge in [-0.2, -0.15) is 0 Å². The smallest absolute Gasteiger partial charge is 0.210 e. The summed E-state index contributed by atoms with van der Waals surface area (Å²) in [4.78, 5) is 0. The predicted octanol–water partition coefficient (Wildman–Crippen LogP) is 2.34. The number of nitrogens with one attached hydrogen (secondary N) is 1. The second kappa shape index (κ2) is 6.58. The van der Waals surface area contributed by atoms with Crippen LogP contribution in [0.5, 0.6) is 5.75 Å². The Kier molecular flexibility index (Phi) is 4.80. The maximum Gasteiger partial charge on any atom is 0.210 e. The Morgan fingerprint density at radius 2 is 2.11 bits per heavy atom. The van der Waals surface area contributed by atoms with Gasteiger partial charge >= 0.3 is 0 Å². The zero-order valence-electron chi connectivity index (χ0n) is 9.92. The van der Waals surface area contributed by atoms with Crippen LogP contribution < -0.4 is 15.8 Å². The van der Waals surface area contributed by atoms with E-state index in [1.54, 1.807) is 18.9 Å². The van der Waals surface area contributed by atoms with E-state index in [0.717, 1.165) is 26.7 Å². The molecular formula is C11H14N4OS2. The summed E-state index contributed by atoms with van der Waals surface area (Å²) in [5.74, 6) is 1.69. The highest BCUT2D eigenvalue weighted by Crippen LogP contribution is 2.27. The quantitative estimate of drug-likeness (QED) is 0.792. The average molecular weight is 282 g/mol. The monoisotopic (exact) mass is 282 g/mol. The van der Waals surface area contributed by atoms with Crippen LogP contribution >= 0.6 is 23.1 Å². The molecule has 0 aliphatic rings. The first-order chi connectivity index (χ1) is 8.81. The molecule has 3 N–H and O–H groups in total. The Morgan fingerprint density at radius 1 is 1.33 bits per heavy atom. The minimum absolute atomic E-state index is 0.644. The molecule has 7 heteroatoms. The molecule has 18 heavy (non-hydrogen) atoms. The molecule has 1 aromatic carbocycles. The molecule has 0 fully saturated rings. The number of rotatable bonds is 6. The van der Waals surface area contributed by atoms with Crippen molar-refractivity contribution in [2.45, 2.75) is 4.34 Å². The molecule has 1 aromatic heterocycles. The maximum atomic E-state index is 5.44. The van der Waals surface area contributed by atoms with E-state index >= 15 is 0 Å². The molecule has 5 nitrogen and oxygen atoms in total. The summed E-state index contributed by atoms with van der Waals surface area (Å²) in [7, 11) is 1.65. The standard InChI is InChI=1S/C11H14N4OS2/c1-16-9-4-2-8(3-5-9)13-10-14-15-11(18-10)17-7-6-12/h2-5H,6-7,12H2,1H3,(H,13,14). The minimum Gasteiger partial charge on any atom is -0.497 e. The lowest BCUT2D eigenvalue weighted by Gasteiger charge is -2.03. The Hall–Kier alpha value is -1.31. The Labute approximate surface area is 114 Å². The van der Waals surface area contributed by atoms with Crippen LogP contribution in [0.15, 0.2) is 28.6 Å². The van der Waals surface area contributed by atoms with Gasteiger partial charge in [-0.25, -0.2) is 0 Å². The lowest BCUT2D eigenvalue weighted by atomic mass is 10.3. The molecule has 0 aliphatic carbocycles. The fourth-order valence-electron chi connectivity index (χ4n) is 1.26. The number of thioether (sulfide) groups is 1. The van der Waals surface area contributed by atoms with E-state index in [9.17, 15) is 0 Å². The third-order valence-corrected chi connectivity index (χ3v) is 4.10. The highest BCUT2D eigenvalue weighted by atomic mass is 32.2. The molecule has 0 spiro atoms. The SMILES string of the molecule is COc1ccc(Nc2nnc(SCCN)s2)cc1. The van der Waals surface area contributed by atoms with E-state index < -0.39 is 0 Å². The number of anilines is 2. The van der Waals surface area contributed by atoms with Crippen molar-refractivity contribution in [2.75, 3.05) is 24.7 Å². The van der Waals surface area contributed by atoms with E-state index in [1.807, 2.05) is 24.3 Å². The summed E-state index contributed by atoms with van der Waals surface area (Å²) < 4.78 is 6.03. The van der Waals surface area contributed by atoms with Gasteiger partial charge in [-0.05, 0) is 24.3 Å². The lowest BCUT2D eigenvalue weighted by molar-refractivity contribution is 0.415. The van der Waals surface area contributed by atoms with Crippen molar-refractivity contribution in [1.82, 2.24) is 10.2 Å². The molecule has 0 unspecified atom stereocenters. The van der Waals surface area contributed by atoms with Crippen LogP contribution in [0, 0.1) is 0 Å². The molecule has 1 heterocycles. The predicted molar refractivity (Wildman–Crippen MR) is 76.0 cm³/mol. The third kappa shape index (κ3) is 3.59. The highest BCUT2D eigenvalue weighted by Gasteiger charge is 2.04. The number of hydrogen-bond donors (Lipinski definition) is 2. The van der Waals surface area contributed by atoms with Crippen LogP contribution in [-0.4, -0.2) is 29.6 Å². The van der Waals surface area contributed by atoms with Crippen molar-refractivity contribution in [3.05, 3.63) is 24.3 Å². The molecule has 0 aliphatic heterocycles. The van der Waals surface area contributed by atoms with Crippen molar-refractivity contribution >= 4 is 33.9 Å². The summed E-state index contributed by atoms with van der Waals surface area (Å²) in [6, 6.07) is 7.67. The Bertz CT molecular complexity index is 486. The number of methoxy groups -OCH3 is 1. The summed E-state index contributed by atoms with van der Waals surface area (Å²) in [6.07, 6.45) is 0. The molecule has 2 aromatic rings. The second-order valence-electron chi connectivity index (χ2n) is 3.36. The highest BCUT2D eigenvalue weighted by molar-refractivity contribution is 8.01. The van der Waals surface area contributed by atoms with Crippen LogP contribution in [0.4, 0.5) is 10.8 Å². The van der Waals surface area contributed by atoms with Gasteiger partial charge in [0.15, 0.2) is 4.34 Å². The molecule has 2 rings (SSSR count). The van der Waals surface area contributed by atoms with Gasteiger partial charge in [0.05, 0.1) is 7.11 Å². The van der Waals surface area contributed by atoms with Gasteiger partial charge in [0.2, 0.25) is 5.13 Å². The summed E-state index contributed by atoms with van der Waals surface area (Å²) >= 11 is 3.14. The van der Waals surface area contributed by atoms with E-state index in [-0.39, 0.29) is 0 Å². The van der Waals surface area contributed by atoms with Crippen LogP contribution in [0.3, 0.4) is 0 Å². The van der Waals surface area contributed by atoms with Gasteiger partial charge in [0.1, 0.15) is 5.75 Å². The Balaban J connectivity index is 1.97. The van der Waals surface area contributed by atoms with Crippen LogP contribution in [0.2, 0.25) is 0 Å². The van der Waals surface area contributed by atoms with Gasteiger partial charge in [0, 0.05) is 18.0 Å². The molecule has 0 bridgehead atoms. The van der Waals surface area contributed by atoms with Crippen molar-refractivity contribution in [1.29, 1.82) is 0 Å². The summed E-state index contributed by atoms with van der Waals surface area (Å²) in [6.45, 7) is 0.644. The fourth-order valence-corrected chi connectivity index (χ4v) is 2.87. The zero-order chi connectivity index (χ0) is 12.8. The molecule has 0 atom stereocenters. The van der Waals surface area contributed by atoms with Gasteiger partial charge in [-0.3, -0.25) is 0 Å². The molecule has 96 valence electrons. The van der Waals surface area contributed by atoms with E-state index in [1.165, 1.54) is 11.3 Å².